The van der Waals surface area contributed by atoms with Gasteiger partial charge in [-0.15, -0.1) is 0 Å². The Morgan fingerprint density at radius 1 is 1.00 bits per heavy atom. The van der Waals surface area contributed by atoms with Crippen LogP contribution in [0.1, 0.15) is 74.1 Å². The van der Waals surface area contributed by atoms with Crippen LogP contribution in [0.3, 0.4) is 0 Å². The maximum Gasteiger partial charge on any atom is 0.316 e. The van der Waals surface area contributed by atoms with Crippen molar-refractivity contribution < 1.29 is 62.4 Å². The van der Waals surface area contributed by atoms with E-state index in [2.05, 4.69) is 39.8 Å². The van der Waals surface area contributed by atoms with Crippen LogP contribution >= 0.6 is 0 Å². The predicted molar refractivity (Wildman–Crippen MR) is 210 cm³/mol. The Morgan fingerprint density at radius 3 is 2.53 bits per heavy atom. The second kappa shape index (κ2) is 19.0. The second-order valence-corrected chi connectivity index (χ2v) is 17.1. The fourth-order valence-corrected chi connectivity index (χ4v) is 9.30. The molecular weight excluding hydrogens is 736 g/mol. The number of aliphatic hydroxyl groups excluding tert-OH is 1. The summed E-state index contributed by atoms with van der Waals surface area (Å²) in [5, 5.41) is 23.6. The number of fused-ring (bicyclic) bond motifs is 2. The van der Waals surface area contributed by atoms with Crippen LogP contribution in [0.2, 0.25) is 0 Å². The molecule has 3 fully saturated rings. The first-order valence-electron chi connectivity index (χ1n) is 20.7. The van der Waals surface area contributed by atoms with E-state index < -0.39 is 54.0 Å². The summed E-state index contributed by atoms with van der Waals surface area (Å²) in [5.41, 5.74) is 0.189. The van der Waals surface area contributed by atoms with Crippen LogP contribution in [0.4, 0.5) is 0 Å². The van der Waals surface area contributed by atoms with Gasteiger partial charge in [-0.2, -0.15) is 0 Å². The van der Waals surface area contributed by atoms with E-state index in [1.807, 2.05) is 32.1 Å². The van der Waals surface area contributed by atoms with Crippen molar-refractivity contribution in [2.45, 2.75) is 147 Å². The van der Waals surface area contributed by atoms with Crippen molar-refractivity contribution in [2.75, 3.05) is 40.8 Å². The largest absolute Gasteiger partial charge is 0.462 e. The van der Waals surface area contributed by atoms with Gasteiger partial charge in [0, 0.05) is 45.3 Å². The van der Waals surface area contributed by atoms with Crippen molar-refractivity contribution in [1.29, 1.82) is 0 Å². The van der Waals surface area contributed by atoms with Crippen molar-refractivity contribution >= 4 is 5.97 Å². The number of aliphatic hydroxyl groups is 2. The van der Waals surface area contributed by atoms with Crippen molar-refractivity contribution in [3.05, 3.63) is 59.3 Å². The van der Waals surface area contributed by atoms with Crippen molar-refractivity contribution in [3.63, 3.8) is 0 Å². The Morgan fingerprint density at radius 2 is 1.79 bits per heavy atom. The van der Waals surface area contributed by atoms with E-state index in [1.165, 1.54) is 0 Å². The Bertz CT molecular complexity index is 1540. The molecule has 15 atom stereocenters. The molecule has 2 bridgehead atoms. The van der Waals surface area contributed by atoms with Gasteiger partial charge in [-0.3, -0.25) is 4.79 Å². The third-order valence-electron chi connectivity index (χ3n) is 12.5. The highest BCUT2D eigenvalue weighted by atomic mass is 16.7. The van der Waals surface area contributed by atoms with Crippen LogP contribution in [-0.4, -0.2) is 130 Å². The summed E-state index contributed by atoms with van der Waals surface area (Å²) in [6.07, 6.45) is 10.1. The molecule has 5 heterocycles. The number of rotatable bonds is 10. The number of hydrogen-bond acceptors (Lipinski definition) is 13. The van der Waals surface area contributed by atoms with Crippen molar-refractivity contribution in [2.24, 2.45) is 23.7 Å². The Kier molecular flexibility index (Phi) is 14.7. The molecule has 13 nitrogen and oxygen atoms in total. The van der Waals surface area contributed by atoms with Gasteiger partial charge in [0.25, 0.3) is 0 Å². The minimum atomic E-state index is -1.82. The average Bonchev–Trinajstić information content (AvgIpc) is 3.51. The Labute approximate surface area is 338 Å². The molecule has 0 aromatic rings. The molecule has 0 aromatic heterocycles. The molecule has 13 heteroatoms. The molecular formula is C44H66O13. The quantitative estimate of drug-likeness (QED) is 0.131. The first-order valence-corrected chi connectivity index (χ1v) is 20.7. The van der Waals surface area contributed by atoms with E-state index in [4.69, 9.17) is 47.4 Å². The summed E-state index contributed by atoms with van der Waals surface area (Å²) in [4.78, 5) is 14.3. The zero-order chi connectivity index (χ0) is 41.1. The van der Waals surface area contributed by atoms with Gasteiger partial charge in [0.2, 0.25) is 0 Å². The SMILES string of the molecule is COCCOCO[C@H]1[C@H](C)O[C@@H](O[C@@H]2/C(C)=C/C[C@@H]3C[C@@H](C[C@]4(C=C[C@H](C)[C@@H](C(C)C)O4)O3)OC(=O)[C@@H]3C=C(C)[C@@H](O)[C@H]4OC/C(=C\C=C\[C@@H]2C)[C@]43O)C[C@@H]1OC. The second-order valence-electron chi connectivity index (χ2n) is 17.1. The summed E-state index contributed by atoms with van der Waals surface area (Å²) in [5.74, 6) is -2.52. The van der Waals surface area contributed by atoms with Crippen LogP contribution in [0, 0.1) is 23.7 Å². The standard InChI is InChI=1S/C44H66O13/c1-25(2)38-28(5)15-16-43(57-38)22-33-20-32(56-43)14-13-27(4)39(55-36-21-35(49-9)40(30(7)53-36)52-24-50-18-17-48-8)26(3)11-10-12-31-23-51-41-37(45)29(6)19-34(42(46)54-33)44(31,41)47/h10-13,15-16,19,25-26,28,30,32-41,45,47H,14,17-18,20-24H2,1-9H3/b11-10+,27-13+,31-12+/t26-,28-,30-,32+,33-,34-,35-,36-,37+,38+,39-,40-,41+,43+,44+/m0/s1. The molecule has 320 valence electrons. The van der Waals surface area contributed by atoms with Gasteiger partial charge in [-0.05, 0) is 55.9 Å². The molecule has 0 saturated carbocycles. The monoisotopic (exact) mass is 802 g/mol. The minimum Gasteiger partial charge on any atom is -0.462 e. The third-order valence-corrected chi connectivity index (χ3v) is 12.5. The predicted octanol–water partition coefficient (Wildman–Crippen LogP) is 5.10. The van der Waals surface area contributed by atoms with Gasteiger partial charge < -0.3 is 57.6 Å². The molecule has 6 aliphatic rings. The lowest BCUT2D eigenvalue weighted by atomic mass is 9.71. The topological polar surface area (TPSA) is 150 Å². The van der Waals surface area contributed by atoms with Crippen LogP contribution in [-0.2, 0) is 52.2 Å². The number of carbonyl (C=O) groups excluding carboxylic acids is 1. The number of carbonyl (C=O) groups is 1. The smallest absolute Gasteiger partial charge is 0.316 e. The fourth-order valence-electron chi connectivity index (χ4n) is 9.30. The molecule has 0 unspecified atom stereocenters. The van der Waals surface area contributed by atoms with E-state index in [0.717, 1.165) is 5.57 Å². The first-order chi connectivity index (χ1) is 27.2. The van der Waals surface area contributed by atoms with Gasteiger partial charge in [-0.25, -0.2) is 0 Å². The van der Waals surface area contributed by atoms with Crippen LogP contribution in [0.5, 0.6) is 0 Å². The molecule has 1 aliphatic carbocycles. The highest BCUT2D eigenvalue weighted by Gasteiger charge is 2.60. The maximum absolute atomic E-state index is 14.3. The van der Waals surface area contributed by atoms with Crippen molar-refractivity contribution in [1.82, 2.24) is 0 Å². The lowest BCUT2D eigenvalue weighted by Crippen LogP contribution is -2.58. The number of allylic oxidation sites excluding steroid dienone is 2. The van der Waals surface area contributed by atoms with E-state index in [9.17, 15) is 15.0 Å². The van der Waals surface area contributed by atoms with E-state index in [-0.39, 0.29) is 61.7 Å². The number of hydrogen-bond donors (Lipinski definition) is 2. The van der Waals surface area contributed by atoms with Gasteiger partial charge in [0.15, 0.2) is 12.1 Å². The molecule has 6 rings (SSSR count). The van der Waals surface area contributed by atoms with E-state index in [0.29, 0.717) is 50.0 Å². The summed E-state index contributed by atoms with van der Waals surface area (Å²) in [7, 11) is 3.28. The summed E-state index contributed by atoms with van der Waals surface area (Å²) < 4.78 is 61.8. The first kappa shape index (κ1) is 44.3. The molecule has 57 heavy (non-hydrogen) atoms. The van der Waals surface area contributed by atoms with Crippen LogP contribution in [0.15, 0.2) is 59.3 Å². The van der Waals surface area contributed by atoms with Gasteiger partial charge in [0.1, 0.15) is 42.7 Å². The zero-order valence-corrected chi connectivity index (χ0v) is 35.2. The minimum absolute atomic E-state index is 0.0451. The average molecular weight is 803 g/mol. The molecule has 3 saturated heterocycles. The van der Waals surface area contributed by atoms with E-state index in [1.54, 1.807) is 33.3 Å². The van der Waals surface area contributed by atoms with Crippen LogP contribution < -0.4 is 0 Å². The van der Waals surface area contributed by atoms with Gasteiger partial charge >= 0.3 is 5.97 Å². The van der Waals surface area contributed by atoms with Crippen LogP contribution in [0.25, 0.3) is 0 Å². The molecule has 0 aromatic carbocycles. The number of methoxy groups -OCH3 is 2. The zero-order valence-electron chi connectivity index (χ0n) is 35.2. The summed E-state index contributed by atoms with van der Waals surface area (Å²) in [6.45, 7) is 15.2. The summed E-state index contributed by atoms with van der Waals surface area (Å²) >= 11 is 0. The maximum atomic E-state index is 14.3. The molecule has 0 amide bonds. The lowest BCUT2D eigenvalue weighted by molar-refractivity contribution is -0.299. The highest BCUT2D eigenvalue weighted by Crippen LogP contribution is 2.47. The fraction of sp³-hybridized carbons (Fsp3) is 0.750. The van der Waals surface area contributed by atoms with Gasteiger partial charge in [0.05, 0.1) is 50.3 Å². The van der Waals surface area contributed by atoms with Crippen molar-refractivity contribution in [3.8, 4) is 0 Å². The number of ether oxygens (including phenoxy) is 10. The lowest BCUT2D eigenvalue weighted by Gasteiger charge is -2.48. The molecule has 2 N–H and O–H groups in total. The third kappa shape index (κ3) is 9.70. The highest BCUT2D eigenvalue weighted by molar-refractivity contribution is 5.78. The number of esters is 1. The molecule has 0 radical (unpaired) electrons. The van der Waals surface area contributed by atoms with Gasteiger partial charge in [-0.1, -0.05) is 64.2 Å². The molecule has 5 aliphatic heterocycles. The Hall–Kier alpha value is -2.27. The Balaban J connectivity index is 1.31. The molecule has 1 spiro atoms. The summed E-state index contributed by atoms with van der Waals surface area (Å²) in [6, 6.07) is 0. The van der Waals surface area contributed by atoms with E-state index >= 15 is 0 Å². The normalized spacial score (nSPS) is 45.1.